The molecule has 2 aromatic rings. The molecule has 31 heavy (non-hydrogen) atoms. The van der Waals surface area contributed by atoms with Gasteiger partial charge >= 0.3 is 0 Å². The molecule has 0 aliphatic heterocycles. The van der Waals surface area contributed by atoms with Gasteiger partial charge in [0.25, 0.3) is 0 Å². The van der Waals surface area contributed by atoms with Crippen LogP contribution in [0.4, 0.5) is 4.39 Å². The summed E-state index contributed by atoms with van der Waals surface area (Å²) in [7, 11) is 0. The van der Waals surface area contributed by atoms with Gasteiger partial charge in [-0.3, -0.25) is 0 Å². The van der Waals surface area contributed by atoms with E-state index in [0.29, 0.717) is 18.3 Å². The van der Waals surface area contributed by atoms with Crippen molar-refractivity contribution in [2.24, 2.45) is 5.41 Å². The Labute approximate surface area is 190 Å². The third kappa shape index (κ3) is 7.78. The fourth-order valence-corrected chi connectivity index (χ4v) is 5.75. The summed E-state index contributed by atoms with van der Waals surface area (Å²) in [6, 6.07) is 20.9. The topological polar surface area (TPSA) is 0 Å². The Bertz CT molecular complexity index is 662. The molecule has 1 saturated carbocycles. The van der Waals surface area contributed by atoms with Gasteiger partial charge in [-0.2, -0.15) is 0 Å². The summed E-state index contributed by atoms with van der Waals surface area (Å²) in [5.74, 6) is 0.149. The SMILES string of the molecule is CCCCCC1(CCCCC(F)CC(c2ccccc2)c2ccccc2)CCCCC1. The summed E-state index contributed by atoms with van der Waals surface area (Å²) < 4.78 is 15.1. The maximum Gasteiger partial charge on any atom is 0.101 e. The summed E-state index contributed by atoms with van der Waals surface area (Å²) in [4.78, 5) is 0. The van der Waals surface area contributed by atoms with Crippen molar-refractivity contribution in [2.45, 2.75) is 109 Å². The molecule has 1 heteroatoms. The third-order valence-electron chi connectivity index (χ3n) is 7.59. The Morgan fingerprint density at radius 1 is 0.742 bits per heavy atom. The van der Waals surface area contributed by atoms with E-state index in [1.54, 1.807) is 0 Å². The van der Waals surface area contributed by atoms with E-state index in [1.807, 2.05) is 12.1 Å². The van der Waals surface area contributed by atoms with E-state index in [1.165, 1.54) is 81.8 Å². The van der Waals surface area contributed by atoms with Crippen molar-refractivity contribution < 1.29 is 4.39 Å². The summed E-state index contributed by atoms with van der Waals surface area (Å²) >= 11 is 0. The molecular weight excluding hydrogens is 379 g/mol. The lowest BCUT2D eigenvalue weighted by atomic mass is 9.68. The van der Waals surface area contributed by atoms with Crippen LogP contribution in [0.3, 0.4) is 0 Å². The molecule has 0 aromatic heterocycles. The Morgan fingerprint density at radius 2 is 1.29 bits per heavy atom. The van der Waals surface area contributed by atoms with Gasteiger partial charge in [-0.05, 0) is 55.1 Å². The molecule has 1 atom stereocenters. The van der Waals surface area contributed by atoms with E-state index >= 15 is 4.39 Å². The number of hydrogen-bond donors (Lipinski definition) is 0. The lowest BCUT2D eigenvalue weighted by molar-refractivity contribution is 0.144. The van der Waals surface area contributed by atoms with Crippen LogP contribution < -0.4 is 0 Å². The highest BCUT2D eigenvalue weighted by atomic mass is 19.1. The zero-order valence-electron chi connectivity index (χ0n) is 19.7. The van der Waals surface area contributed by atoms with E-state index in [2.05, 4.69) is 55.5 Å². The highest BCUT2D eigenvalue weighted by molar-refractivity contribution is 5.32. The van der Waals surface area contributed by atoms with Crippen molar-refractivity contribution in [1.29, 1.82) is 0 Å². The van der Waals surface area contributed by atoms with Crippen molar-refractivity contribution in [1.82, 2.24) is 0 Å². The highest BCUT2D eigenvalue weighted by Crippen LogP contribution is 2.45. The summed E-state index contributed by atoms with van der Waals surface area (Å²) in [5, 5.41) is 0. The van der Waals surface area contributed by atoms with Crippen LogP contribution in [0.25, 0.3) is 0 Å². The van der Waals surface area contributed by atoms with Gasteiger partial charge in [0.2, 0.25) is 0 Å². The van der Waals surface area contributed by atoms with Gasteiger partial charge in [0.05, 0.1) is 0 Å². The molecule has 0 amide bonds. The van der Waals surface area contributed by atoms with Crippen LogP contribution in [0.2, 0.25) is 0 Å². The van der Waals surface area contributed by atoms with E-state index in [9.17, 15) is 0 Å². The second kappa shape index (κ2) is 13.0. The van der Waals surface area contributed by atoms with Crippen LogP contribution in [0.15, 0.2) is 60.7 Å². The van der Waals surface area contributed by atoms with E-state index in [4.69, 9.17) is 0 Å². The van der Waals surface area contributed by atoms with Crippen molar-refractivity contribution >= 4 is 0 Å². The van der Waals surface area contributed by atoms with Gasteiger partial charge in [-0.25, -0.2) is 4.39 Å². The molecule has 0 saturated heterocycles. The number of benzene rings is 2. The smallest absolute Gasteiger partial charge is 0.101 e. The minimum Gasteiger partial charge on any atom is -0.247 e. The number of unbranched alkanes of at least 4 members (excludes halogenated alkanes) is 3. The van der Waals surface area contributed by atoms with Crippen molar-refractivity contribution in [3.05, 3.63) is 71.8 Å². The number of hydrogen-bond acceptors (Lipinski definition) is 0. The zero-order chi connectivity index (χ0) is 21.8. The maximum absolute atomic E-state index is 15.1. The molecule has 0 radical (unpaired) electrons. The van der Waals surface area contributed by atoms with Gasteiger partial charge in [0.1, 0.15) is 6.17 Å². The molecule has 0 N–H and O–H groups in total. The Kier molecular flexibility index (Phi) is 10.1. The predicted molar refractivity (Wildman–Crippen MR) is 132 cm³/mol. The van der Waals surface area contributed by atoms with Crippen LogP contribution in [-0.4, -0.2) is 6.17 Å². The lowest BCUT2D eigenvalue weighted by Crippen LogP contribution is -2.24. The van der Waals surface area contributed by atoms with E-state index in [0.717, 1.165) is 6.42 Å². The molecular formula is C30H43F. The van der Waals surface area contributed by atoms with Crippen molar-refractivity contribution in [3.63, 3.8) is 0 Å². The first-order valence-electron chi connectivity index (χ1n) is 13.0. The summed E-state index contributed by atoms with van der Waals surface area (Å²) in [6.45, 7) is 2.30. The fraction of sp³-hybridized carbons (Fsp3) is 0.600. The highest BCUT2D eigenvalue weighted by Gasteiger charge is 2.30. The molecule has 0 nitrogen and oxygen atoms in total. The van der Waals surface area contributed by atoms with E-state index < -0.39 is 6.17 Å². The first-order chi connectivity index (χ1) is 15.2. The quantitative estimate of drug-likeness (QED) is 0.282. The van der Waals surface area contributed by atoms with Crippen LogP contribution in [0, 0.1) is 5.41 Å². The summed E-state index contributed by atoms with van der Waals surface area (Å²) in [6.07, 6.45) is 16.7. The Morgan fingerprint density at radius 3 is 1.84 bits per heavy atom. The van der Waals surface area contributed by atoms with Crippen LogP contribution >= 0.6 is 0 Å². The fourth-order valence-electron chi connectivity index (χ4n) is 5.75. The van der Waals surface area contributed by atoms with Crippen LogP contribution in [0.5, 0.6) is 0 Å². The van der Waals surface area contributed by atoms with Gasteiger partial charge in [-0.1, -0.05) is 119 Å². The predicted octanol–water partition coefficient (Wildman–Crippen LogP) is 9.64. The number of rotatable bonds is 13. The minimum absolute atomic E-state index is 0.149. The monoisotopic (exact) mass is 422 g/mol. The van der Waals surface area contributed by atoms with Gasteiger partial charge in [0, 0.05) is 5.92 Å². The largest absolute Gasteiger partial charge is 0.247 e. The zero-order valence-corrected chi connectivity index (χ0v) is 19.7. The Balaban J connectivity index is 1.50. The maximum atomic E-state index is 15.1. The molecule has 2 aromatic carbocycles. The molecule has 1 fully saturated rings. The van der Waals surface area contributed by atoms with Crippen LogP contribution in [0.1, 0.15) is 114 Å². The molecule has 0 bridgehead atoms. The molecule has 0 heterocycles. The molecule has 1 aliphatic rings. The molecule has 1 aliphatic carbocycles. The average Bonchev–Trinajstić information content (AvgIpc) is 2.82. The molecule has 170 valence electrons. The van der Waals surface area contributed by atoms with E-state index in [-0.39, 0.29) is 5.92 Å². The molecule has 1 unspecified atom stereocenters. The normalized spacial score (nSPS) is 17.0. The number of alkyl halides is 1. The van der Waals surface area contributed by atoms with Crippen molar-refractivity contribution in [2.75, 3.05) is 0 Å². The van der Waals surface area contributed by atoms with Gasteiger partial charge in [-0.15, -0.1) is 0 Å². The third-order valence-corrected chi connectivity index (χ3v) is 7.59. The minimum atomic E-state index is -0.729. The second-order valence-electron chi connectivity index (χ2n) is 9.97. The first-order valence-corrected chi connectivity index (χ1v) is 13.0. The summed E-state index contributed by atoms with van der Waals surface area (Å²) in [5.41, 5.74) is 3.04. The van der Waals surface area contributed by atoms with Gasteiger partial charge in [0.15, 0.2) is 0 Å². The second-order valence-corrected chi connectivity index (χ2v) is 9.97. The first kappa shape index (κ1) is 24.0. The Hall–Kier alpha value is -1.63. The standard InChI is InChI=1S/C30H43F/c1-2-3-12-21-30(22-13-6-14-23-30)24-15-11-20-28(31)25-29(26-16-7-4-8-17-26)27-18-9-5-10-19-27/h4-5,7-10,16-19,28-29H,2-3,6,11-15,20-25H2,1H3. The van der Waals surface area contributed by atoms with Gasteiger partial charge < -0.3 is 0 Å². The average molecular weight is 423 g/mol. The molecule has 0 spiro atoms. The van der Waals surface area contributed by atoms with Crippen LogP contribution in [-0.2, 0) is 0 Å². The van der Waals surface area contributed by atoms with Crippen molar-refractivity contribution in [3.8, 4) is 0 Å². The molecule has 3 rings (SSSR count). The number of halogens is 1. The lowest BCUT2D eigenvalue weighted by Gasteiger charge is -2.38.